The van der Waals surface area contributed by atoms with Crippen LogP contribution in [0.15, 0.2) is 42.5 Å². The molecule has 33 heavy (non-hydrogen) atoms. The summed E-state index contributed by atoms with van der Waals surface area (Å²) in [6, 6.07) is 12.0. The highest BCUT2D eigenvalue weighted by molar-refractivity contribution is 5.97. The van der Waals surface area contributed by atoms with Gasteiger partial charge in [0.15, 0.2) is 0 Å². The standard InChI is InChI=1S/C24H29N5O4/c1-16(13-23(30)27-19-5-4-6-20(15-19)28-11-2-3-12-28)25-24(31)17-7-10-21(26-18-8-9-18)22(14-17)29(32)33/h4-7,10,14-16,18,26H,2-3,8-9,11-13H2,1H3,(H,25,31)(H,27,30)/t16-/m1/s1. The largest absolute Gasteiger partial charge is 0.377 e. The molecule has 174 valence electrons. The molecule has 0 radical (unpaired) electrons. The lowest BCUT2D eigenvalue weighted by Crippen LogP contribution is -2.35. The number of nitro groups is 1. The molecule has 1 heterocycles. The number of amides is 2. The summed E-state index contributed by atoms with van der Waals surface area (Å²) in [6.45, 7) is 3.78. The van der Waals surface area contributed by atoms with Crippen molar-refractivity contribution in [1.82, 2.24) is 5.32 Å². The van der Waals surface area contributed by atoms with Crippen molar-refractivity contribution in [3.05, 3.63) is 58.1 Å². The summed E-state index contributed by atoms with van der Waals surface area (Å²) in [5.41, 5.74) is 2.29. The van der Waals surface area contributed by atoms with E-state index < -0.39 is 16.9 Å². The molecule has 2 amide bonds. The van der Waals surface area contributed by atoms with Crippen LogP contribution in [0.1, 0.15) is 49.4 Å². The fourth-order valence-corrected chi connectivity index (χ4v) is 4.00. The Bertz CT molecular complexity index is 1050. The Balaban J connectivity index is 1.32. The molecule has 2 aromatic rings. The van der Waals surface area contributed by atoms with Crippen LogP contribution in [0.2, 0.25) is 0 Å². The van der Waals surface area contributed by atoms with Crippen LogP contribution < -0.4 is 20.9 Å². The molecule has 9 heteroatoms. The van der Waals surface area contributed by atoms with E-state index in [2.05, 4.69) is 20.9 Å². The first-order chi connectivity index (χ1) is 15.9. The van der Waals surface area contributed by atoms with Gasteiger partial charge in [0.05, 0.1) is 4.92 Å². The molecule has 1 aliphatic carbocycles. The van der Waals surface area contributed by atoms with Gasteiger partial charge in [-0.3, -0.25) is 19.7 Å². The molecule has 1 saturated carbocycles. The van der Waals surface area contributed by atoms with E-state index in [0.717, 1.165) is 37.3 Å². The zero-order valence-corrected chi connectivity index (χ0v) is 18.7. The minimum atomic E-state index is -0.491. The maximum Gasteiger partial charge on any atom is 0.293 e. The Morgan fingerprint density at radius 1 is 1.15 bits per heavy atom. The number of hydrogen-bond acceptors (Lipinski definition) is 6. The molecule has 2 aliphatic rings. The van der Waals surface area contributed by atoms with Crippen molar-refractivity contribution in [1.29, 1.82) is 0 Å². The molecule has 0 aromatic heterocycles. The second kappa shape index (κ2) is 9.89. The fourth-order valence-electron chi connectivity index (χ4n) is 4.00. The molecular weight excluding hydrogens is 422 g/mol. The van der Waals surface area contributed by atoms with Gasteiger partial charge in [0.1, 0.15) is 5.69 Å². The number of nitrogens with one attached hydrogen (secondary N) is 3. The summed E-state index contributed by atoms with van der Waals surface area (Å²) < 4.78 is 0. The van der Waals surface area contributed by atoms with E-state index in [9.17, 15) is 19.7 Å². The molecule has 0 unspecified atom stereocenters. The maximum absolute atomic E-state index is 12.6. The minimum Gasteiger partial charge on any atom is -0.377 e. The SMILES string of the molecule is C[C@H](CC(=O)Nc1cccc(N2CCCC2)c1)NC(=O)c1ccc(NC2CC2)c([N+](=O)[O-])c1. The van der Waals surface area contributed by atoms with Gasteiger partial charge in [-0.25, -0.2) is 0 Å². The topological polar surface area (TPSA) is 117 Å². The van der Waals surface area contributed by atoms with Crippen LogP contribution in [0.5, 0.6) is 0 Å². The van der Waals surface area contributed by atoms with Crippen molar-refractivity contribution >= 4 is 34.6 Å². The second-order valence-corrected chi connectivity index (χ2v) is 8.78. The molecule has 0 spiro atoms. The third-order valence-corrected chi connectivity index (χ3v) is 5.86. The van der Waals surface area contributed by atoms with Crippen LogP contribution in [-0.4, -0.2) is 41.9 Å². The molecule has 0 bridgehead atoms. The molecular formula is C24H29N5O4. The quantitative estimate of drug-likeness (QED) is 0.393. The van der Waals surface area contributed by atoms with Crippen molar-refractivity contribution in [3.63, 3.8) is 0 Å². The number of rotatable bonds is 9. The normalized spacial score (nSPS) is 16.2. The number of anilines is 3. The molecule has 1 saturated heterocycles. The Hall–Kier alpha value is -3.62. The van der Waals surface area contributed by atoms with E-state index in [1.54, 1.807) is 19.1 Å². The minimum absolute atomic E-state index is 0.0864. The molecule has 3 N–H and O–H groups in total. The van der Waals surface area contributed by atoms with E-state index in [-0.39, 0.29) is 29.6 Å². The highest BCUT2D eigenvalue weighted by atomic mass is 16.6. The lowest BCUT2D eigenvalue weighted by atomic mass is 10.1. The van der Waals surface area contributed by atoms with Gasteiger partial charge in [-0.15, -0.1) is 0 Å². The third-order valence-electron chi connectivity index (χ3n) is 5.86. The molecule has 9 nitrogen and oxygen atoms in total. The average Bonchev–Trinajstić information content (AvgIpc) is 3.42. The van der Waals surface area contributed by atoms with Gasteiger partial charge >= 0.3 is 0 Å². The van der Waals surface area contributed by atoms with Crippen molar-refractivity contribution < 1.29 is 14.5 Å². The van der Waals surface area contributed by atoms with Gasteiger partial charge < -0.3 is 20.9 Å². The highest BCUT2D eigenvalue weighted by Crippen LogP contribution is 2.31. The summed E-state index contributed by atoms with van der Waals surface area (Å²) >= 11 is 0. The fraction of sp³-hybridized carbons (Fsp3) is 0.417. The van der Waals surface area contributed by atoms with Gasteiger partial charge in [0.25, 0.3) is 11.6 Å². The Morgan fingerprint density at radius 3 is 2.61 bits per heavy atom. The van der Waals surface area contributed by atoms with Gasteiger partial charge in [-0.2, -0.15) is 0 Å². The molecule has 2 aromatic carbocycles. The summed E-state index contributed by atoms with van der Waals surface area (Å²) in [5.74, 6) is -0.663. The van der Waals surface area contributed by atoms with Gasteiger partial charge in [0.2, 0.25) is 5.91 Å². The monoisotopic (exact) mass is 451 g/mol. The first-order valence-electron chi connectivity index (χ1n) is 11.4. The predicted octanol–water partition coefficient (Wildman–Crippen LogP) is 3.92. The van der Waals surface area contributed by atoms with Crippen LogP contribution in [-0.2, 0) is 4.79 Å². The van der Waals surface area contributed by atoms with E-state index in [0.29, 0.717) is 5.69 Å². The smallest absolute Gasteiger partial charge is 0.293 e. The lowest BCUT2D eigenvalue weighted by Gasteiger charge is -2.19. The third kappa shape index (κ3) is 6.00. The zero-order valence-electron chi connectivity index (χ0n) is 18.7. The first kappa shape index (κ1) is 22.6. The van der Waals surface area contributed by atoms with Crippen molar-refractivity contribution in [2.24, 2.45) is 0 Å². The first-order valence-corrected chi connectivity index (χ1v) is 11.4. The molecule has 4 rings (SSSR count). The van der Waals surface area contributed by atoms with Gasteiger partial charge in [-0.05, 0) is 62.9 Å². The number of hydrogen-bond donors (Lipinski definition) is 3. The van der Waals surface area contributed by atoms with Crippen LogP contribution in [0, 0.1) is 10.1 Å². The van der Waals surface area contributed by atoms with Crippen LogP contribution >= 0.6 is 0 Å². The number of nitrogens with zero attached hydrogens (tertiary/aromatic N) is 2. The zero-order chi connectivity index (χ0) is 23.4. The lowest BCUT2D eigenvalue weighted by molar-refractivity contribution is -0.384. The van der Waals surface area contributed by atoms with Crippen molar-refractivity contribution in [2.75, 3.05) is 28.6 Å². The van der Waals surface area contributed by atoms with Crippen molar-refractivity contribution in [3.8, 4) is 0 Å². The number of carbonyl (C=O) groups is 2. The molecule has 1 aliphatic heterocycles. The predicted molar refractivity (Wildman–Crippen MR) is 128 cm³/mol. The maximum atomic E-state index is 12.6. The van der Waals surface area contributed by atoms with Gasteiger partial charge in [-0.1, -0.05) is 6.07 Å². The molecule has 1 atom stereocenters. The second-order valence-electron chi connectivity index (χ2n) is 8.78. The van der Waals surface area contributed by atoms with E-state index >= 15 is 0 Å². The number of benzene rings is 2. The van der Waals surface area contributed by atoms with E-state index in [4.69, 9.17) is 0 Å². The summed E-state index contributed by atoms with van der Waals surface area (Å²) in [5, 5.41) is 20.2. The van der Waals surface area contributed by atoms with Crippen LogP contribution in [0.3, 0.4) is 0 Å². The summed E-state index contributed by atoms with van der Waals surface area (Å²) in [4.78, 5) is 38.3. The van der Waals surface area contributed by atoms with Crippen molar-refractivity contribution in [2.45, 2.75) is 51.1 Å². The Labute approximate surface area is 192 Å². The Morgan fingerprint density at radius 2 is 1.91 bits per heavy atom. The molecule has 2 fully saturated rings. The Kier molecular flexibility index (Phi) is 6.76. The summed E-state index contributed by atoms with van der Waals surface area (Å²) in [7, 11) is 0. The number of carbonyl (C=O) groups excluding carboxylic acids is 2. The van der Waals surface area contributed by atoms with Gasteiger partial charge in [0, 0.05) is 54.6 Å². The van der Waals surface area contributed by atoms with Crippen LogP contribution in [0.25, 0.3) is 0 Å². The van der Waals surface area contributed by atoms with E-state index in [1.165, 1.54) is 18.9 Å². The van der Waals surface area contributed by atoms with Crippen LogP contribution in [0.4, 0.5) is 22.7 Å². The summed E-state index contributed by atoms with van der Waals surface area (Å²) in [6.07, 6.45) is 4.42. The highest BCUT2D eigenvalue weighted by Gasteiger charge is 2.26. The number of nitro benzene ring substituents is 1. The average molecular weight is 452 g/mol. The van der Waals surface area contributed by atoms with E-state index in [1.807, 2.05) is 24.3 Å².